The largest absolute Gasteiger partial charge is 0.444 e. The molecule has 2 aromatic rings. The molecule has 0 bridgehead atoms. The molecular formula is C12H9N3O2. The number of hydrogen-bond acceptors (Lipinski definition) is 5. The summed E-state index contributed by atoms with van der Waals surface area (Å²) in [6.07, 6.45) is 2.37. The standard InChI is InChI=1S/C12H9N3O2/c1-8(7-13)17-12(16)9-2-3-10-11(6-9)15-5-4-14-10/h2-6,8H,1H3/t8-/m0/s1. The summed E-state index contributed by atoms with van der Waals surface area (Å²) in [5, 5.41) is 8.55. The second-order valence-electron chi connectivity index (χ2n) is 3.44. The van der Waals surface area contributed by atoms with Gasteiger partial charge in [0.05, 0.1) is 16.6 Å². The van der Waals surface area contributed by atoms with Gasteiger partial charge in [0, 0.05) is 12.4 Å². The lowest BCUT2D eigenvalue weighted by Gasteiger charge is -2.06. The van der Waals surface area contributed by atoms with Crippen LogP contribution in [-0.2, 0) is 4.74 Å². The summed E-state index contributed by atoms with van der Waals surface area (Å²) < 4.78 is 4.89. The molecule has 1 aromatic carbocycles. The first-order valence-corrected chi connectivity index (χ1v) is 5.02. The zero-order valence-electron chi connectivity index (χ0n) is 9.12. The normalized spacial score (nSPS) is 11.8. The summed E-state index contributed by atoms with van der Waals surface area (Å²) in [4.78, 5) is 19.8. The fourth-order valence-corrected chi connectivity index (χ4v) is 1.35. The number of fused-ring (bicyclic) bond motifs is 1. The summed E-state index contributed by atoms with van der Waals surface area (Å²) in [7, 11) is 0. The smallest absolute Gasteiger partial charge is 0.339 e. The Morgan fingerprint density at radius 3 is 2.76 bits per heavy atom. The molecule has 0 amide bonds. The van der Waals surface area contributed by atoms with Crippen molar-refractivity contribution >= 4 is 17.0 Å². The zero-order chi connectivity index (χ0) is 12.3. The Balaban J connectivity index is 2.31. The molecule has 0 saturated heterocycles. The van der Waals surface area contributed by atoms with Crippen LogP contribution in [0.2, 0.25) is 0 Å². The predicted molar refractivity (Wildman–Crippen MR) is 60.0 cm³/mol. The molecule has 0 spiro atoms. The first kappa shape index (κ1) is 11.0. The molecule has 0 radical (unpaired) electrons. The highest BCUT2D eigenvalue weighted by Gasteiger charge is 2.11. The van der Waals surface area contributed by atoms with E-state index >= 15 is 0 Å². The first-order chi connectivity index (χ1) is 8.20. The number of esters is 1. The maximum absolute atomic E-state index is 11.6. The highest BCUT2D eigenvalue weighted by atomic mass is 16.5. The average Bonchev–Trinajstić information content (AvgIpc) is 2.38. The lowest BCUT2D eigenvalue weighted by Crippen LogP contribution is -2.13. The average molecular weight is 227 g/mol. The van der Waals surface area contributed by atoms with Crippen molar-refractivity contribution in [3.05, 3.63) is 36.2 Å². The lowest BCUT2D eigenvalue weighted by atomic mass is 10.2. The number of ether oxygens (including phenoxy) is 1. The maximum atomic E-state index is 11.6. The lowest BCUT2D eigenvalue weighted by molar-refractivity contribution is 0.0435. The van der Waals surface area contributed by atoms with Crippen molar-refractivity contribution in [2.45, 2.75) is 13.0 Å². The Bertz CT molecular complexity index is 604. The molecule has 1 aromatic heterocycles. The van der Waals surface area contributed by atoms with Gasteiger partial charge in [-0.2, -0.15) is 5.26 Å². The third-order valence-corrected chi connectivity index (χ3v) is 2.17. The van der Waals surface area contributed by atoms with E-state index in [0.717, 1.165) is 0 Å². The summed E-state index contributed by atoms with van der Waals surface area (Å²) in [6, 6.07) is 6.71. The maximum Gasteiger partial charge on any atom is 0.339 e. The monoisotopic (exact) mass is 227 g/mol. The van der Waals surface area contributed by atoms with E-state index in [4.69, 9.17) is 10.00 Å². The molecular weight excluding hydrogens is 218 g/mol. The Morgan fingerprint density at radius 2 is 2.06 bits per heavy atom. The summed E-state index contributed by atoms with van der Waals surface area (Å²) in [5.74, 6) is -0.536. The molecule has 2 rings (SSSR count). The van der Waals surface area contributed by atoms with Crippen LogP contribution in [0.25, 0.3) is 11.0 Å². The van der Waals surface area contributed by atoms with Crippen LogP contribution in [-0.4, -0.2) is 22.0 Å². The summed E-state index contributed by atoms with van der Waals surface area (Å²) >= 11 is 0. The number of nitriles is 1. The van der Waals surface area contributed by atoms with E-state index in [1.54, 1.807) is 30.6 Å². The minimum absolute atomic E-state index is 0.361. The van der Waals surface area contributed by atoms with Gasteiger partial charge in [0.15, 0.2) is 6.10 Å². The van der Waals surface area contributed by atoms with Crippen LogP contribution in [0.15, 0.2) is 30.6 Å². The number of benzene rings is 1. The molecule has 0 saturated carbocycles. The zero-order valence-corrected chi connectivity index (χ0v) is 9.12. The molecule has 0 aliphatic carbocycles. The topological polar surface area (TPSA) is 75.9 Å². The van der Waals surface area contributed by atoms with Crippen molar-refractivity contribution in [1.29, 1.82) is 5.26 Å². The molecule has 0 aliphatic heterocycles. The third-order valence-electron chi connectivity index (χ3n) is 2.17. The van der Waals surface area contributed by atoms with Crippen LogP contribution in [0.5, 0.6) is 0 Å². The molecule has 1 heterocycles. The highest BCUT2D eigenvalue weighted by molar-refractivity contribution is 5.93. The van der Waals surface area contributed by atoms with Gasteiger partial charge in [-0.25, -0.2) is 4.79 Å². The van der Waals surface area contributed by atoms with Crippen molar-refractivity contribution in [2.75, 3.05) is 0 Å². The van der Waals surface area contributed by atoms with Crippen molar-refractivity contribution in [1.82, 2.24) is 9.97 Å². The van der Waals surface area contributed by atoms with Crippen molar-refractivity contribution < 1.29 is 9.53 Å². The molecule has 0 N–H and O–H groups in total. The molecule has 5 heteroatoms. The Kier molecular flexibility index (Phi) is 2.97. The second-order valence-corrected chi connectivity index (χ2v) is 3.44. The number of nitrogens with zero attached hydrogens (tertiary/aromatic N) is 3. The molecule has 1 atom stereocenters. The molecule has 17 heavy (non-hydrogen) atoms. The number of hydrogen-bond donors (Lipinski definition) is 0. The quantitative estimate of drug-likeness (QED) is 0.730. The Morgan fingerprint density at radius 1 is 1.35 bits per heavy atom. The number of aromatic nitrogens is 2. The van der Waals surface area contributed by atoms with Gasteiger partial charge in [0.2, 0.25) is 0 Å². The van der Waals surface area contributed by atoms with Crippen LogP contribution in [0.3, 0.4) is 0 Å². The van der Waals surface area contributed by atoms with Crippen molar-refractivity contribution in [3.63, 3.8) is 0 Å². The molecule has 0 unspecified atom stereocenters. The van der Waals surface area contributed by atoms with E-state index in [9.17, 15) is 4.79 Å². The SMILES string of the molecule is C[C@@H](C#N)OC(=O)c1ccc2nccnc2c1. The molecule has 0 fully saturated rings. The van der Waals surface area contributed by atoms with Gasteiger partial charge >= 0.3 is 5.97 Å². The number of carbonyl (C=O) groups excluding carboxylic acids is 1. The van der Waals surface area contributed by atoms with E-state index in [-0.39, 0.29) is 0 Å². The van der Waals surface area contributed by atoms with Gasteiger partial charge in [-0.3, -0.25) is 9.97 Å². The van der Waals surface area contributed by atoms with Crippen molar-refractivity contribution in [3.8, 4) is 6.07 Å². The Labute approximate surface area is 97.7 Å². The summed E-state index contributed by atoms with van der Waals surface area (Å²) in [6.45, 7) is 1.51. The minimum Gasteiger partial charge on any atom is -0.444 e. The van der Waals surface area contributed by atoms with Crippen LogP contribution >= 0.6 is 0 Å². The van der Waals surface area contributed by atoms with E-state index < -0.39 is 12.1 Å². The van der Waals surface area contributed by atoms with Crippen molar-refractivity contribution in [2.24, 2.45) is 0 Å². The first-order valence-electron chi connectivity index (χ1n) is 5.02. The van der Waals surface area contributed by atoms with Gasteiger partial charge in [-0.1, -0.05) is 0 Å². The van der Waals surface area contributed by atoms with Crippen LogP contribution in [0.4, 0.5) is 0 Å². The van der Waals surface area contributed by atoms with Gasteiger partial charge in [0.1, 0.15) is 6.07 Å². The van der Waals surface area contributed by atoms with Crippen LogP contribution in [0.1, 0.15) is 17.3 Å². The number of carbonyl (C=O) groups is 1. The Hall–Kier alpha value is -2.48. The van der Waals surface area contributed by atoms with Gasteiger partial charge < -0.3 is 4.74 Å². The van der Waals surface area contributed by atoms with Gasteiger partial charge in [-0.05, 0) is 25.1 Å². The molecule has 84 valence electrons. The van der Waals surface area contributed by atoms with E-state index in [0.29, 0.717) is 16.6 Å². The van der Waals surface area contributed by atoms with Crippen LogP contribution in [0, 0.1) is 11.3 Å². The molecule has 0 aliphatic rings. The van der Waals surface area contributed by atoms with Gasteiger partial charge in [-0.15, -0.1) is 0 Å². The predicted octanol–water partition coefficient (Wildman–Crippen LogP) is 1.70. The fourth-order valence-electron chi connectivity index (χ4n) is 1.35. The summed E-state index contributed by atoms with van der Waals surface area (Å²) in [5.41, 5.74) is 1.68. The van der Waals surface area contributed by atoms with Gasteiger partial charge in [0.25, 0.3) is 0 Å². The van der Waals surface area contributed by atoms with E-state index in [1.165, 1.54) is 6.92 Å². The molecule has 5 nitrogen and oxygen atoms in total. The third kappa shape index (κ3) is 2.37. The number of rotatable bonds is 2. The van der Waals surface area contributed by atoms with E-state index in [2.05, 4.69) is 9.97 Å². The fraction of sp³-hybridized carbons (Fsp3) is 0.167. The second kappa shape index (κ2) is 4.58. The van der Waals surface area contributed by atoms with E-state index in [1.807, 2.05) is 6.07 Å². The van der Waals surface area contributed by atoms with Crippen LogP contribution < -0.4 is 0 Å². The highest BCUT2D eigenvalue weighted by Crippen LogP contribution is 2.12. The minimum atomic E-state index is -0.764.